The van der Waals surface area contributed by atoms with Crippen LogP contribution in [0.2, 0.25) is 0 Å². The molecule has 0 fully saturated rings. The Morgan fingerprint density at radius 3 is 2.16 bits per heavy atom. The number of carbonyl (C=O) groups excluding carboxylic acids is 1. The number of alkyl carbamates (subject to hydrolysis) is 1. The van der Waals surface area contributed by atoms with E-state index in [4.69, 9.17) is 8.92 Å². The minimum atomic E-state index is -3.73. The maximum Gasteiger partial charge on any atom is 0.407 e. The van der Waals surface area contributed by atoms with Gasteiger partial charge in [0, 0.05) is 6.54 Å². The van der Waals surface area contributed by atoms with Crippen molar-refractivity contribution in [2.24, 2.45) is 0 Å². The fourth-order valence-corrected chi connectivity index (χ4v) is 3.34. The van der Waals surface area contributed by atoms with Crippen molar-refractivity contribution in [3.63, 3.8) is 0 Å². The average molecular weight is 363 g/mol. The first-order chi connectivity index (χ1) is 11.9. The molecule has 0 radical (unpaired) electrons. The lowest BCUT2D eigenvalue weighted by molar-refractivity contribution is 0.133. The summed E-state index contributed by atoms with van der Waals surface area (Å²) < 4.78 is 34.1. The normalized spacial score (nSPS) is 12.4. The Bertz CT molecular complexity index is 763. The monoisotopic (exact) mass is 363 g/mol. The van der Waals surface area contributed by atoms with Gasteiger partial charge in [-0.3, -0.25) is 4.18 Å². The molecule has 0 spiro atoms. The van der Waals surface area contributed by atoms with Crippen LogP contribution in [-0.4, -0.2) is 27.2 Å². The molecule has 25 heavy (non-hydrogen) atoms. The molecule has 0 saturated carbocycles. The highest BCUT2D eigenvalue weighted by molar-refractivity contribution is 7.85. The smallest absolute Gasteiger partial charge is 0.407 e. The number of carbonyl (C=O) groups is 1. The molecular weight excluding hydrogens is 342 g/mol. The Labute approximate surface area is 147 Å². The lowest BCUT2D eigenvalue weighted by atomic mass is 10.2. The molecule has 0 aliphatic rings. The van der Waals surface area contributed by atoms with Crippen LogP contribution in [0.15, 0.2) is 60.7 Å². The standard InChI is InChI=1S/C18H21NO5S/c1-15(24-25(21,22)14-17-10-6-3-7-11-17)12-19-18(20)23-13-16-8-4-2-5-9-16/h2-11,15H,12-14H2,1H3,(H,19,20)/t15-/m1/s1. The van der Waals surface area contributed by atoms with E-state index in [1.165, 1.54) is 0 Å². The van der Waals surface area contributed by atoms with E-state index in [1.807, 2.05) is 36.4 Å². The van der Waals surface area contributed by atoms with Gasteiger partial charge >= 0.3 is 6.09 Å². The molecule has 0 unspecified atom stereocenters. The summed E-state index contributed by atoms with van der Waals surface area (Å²) in [6.45, 7) is 1.75. The molecule has 0 aromatic heterocycles. The van der Waals surface area contributed by atoms with Gasteiger partial charge < -0.3 is 10.1 Å². The highest BCUT2D eigenvalue weighted by Crippen LogP contribution is 2.09. The minimum Gasteiger partial charge on any atom is -0.445 e. The molecule has 134 valence electrons. The third kappa shape index (κ3) is 7.36. The first kappa shape index (κ1) is 19.0. The van der Waals surface area contributed by atoms with E-state index >= 15 is 0 Å². The second kappa shape index (κ2) is 9.19. The number of benzene rings is 2. The number of hydrogen-bond donors (Lipinski definition) is 1. The van der Waals surface area contributed by atoms with E-state index in [-0.39, 0.29) is 18.9 Å². The molecule has 0 heterocycles. The Hall–Kier alpha value is -2.38. The molecule has 0 aliphatic carbocycles. The quantitative estimate of drug-likeness (QED) is 0.729. The number of nitrogens with one attached hydrogen (secondary N) is 1. The minimum absolute atomic E-state index is 0.0294. The molecule has 2 aromatic rings. The summed E-state index contributed by atoms with van der Waals surface area (Å²) in [5.41, 5.74) is 1.51. The SMILES string of the molecule is C[C@H](CNC(=O)OCc1ccccc1)OS(=O)(=O)Cc1ccccc1. The highest BCUT2D eigenvalue weighted by Gasteiger charge is 2.17. The molecule has 1 atom stereocenters. The number of amides is 1. The van der Waals surface area contributed by atoms with Crippen molar-refractivity contribution in [2.45, 2.75) is 25.4 Å². The van der Waals surface area contributed by atoms with Crippen LogP contribution < -0.4 is 5.32 Å². The molecule has 6 nitrogen and oxygen atoms in total. The third-order valence-electron chi connectivity index (χ3n) is 3.24. The van der Waals surface area contributed by atoms with Crippen LogP contribution in [0.25, 0.3) is 0 Å². The van der Waals surface area contributed by atoms with Crippen molar-refractivity contribution in [1.29, 1.82) is 0 Å². The first-order valence-corrected chi connectivity index (χ1v) is 9.42. The summed E-state index contributed by atoms with van der Waals surface area (Å²) in [7, 11) is -3.73. The van der Waals surface area contributed by atoms with Crippen LogP contribution in [-0.2, 0) is 31.4 Å². The zero-order valence-electron chi connectivity index (χ0n) is 13.9. The zero-order valence-corrected chi connectivity index (χ0v) is 14.7. The van der Waals surface area contributed by atoms with Gasteiger partial charge in [0.1, 0.15) is 12.4 Å². The van der Waals surface area contributed by atoms with Gasteiger partial charge in [0.25, 0.3) is 10.1 Å². The number of hydrogen-bond acceptors (Lipinski definition) is 5. The van der Waals surface area contributed by atoms with Gasteiger partial charge in [-0.25, -0.2) is 4.79 Å². The fourth-order valence-electron chi connectivity index (χ4n) is 2.10. The largest absolute Gasteiger partial charge is 0.445 e. The summed E-state index contributed by atoms with van der Waals surface area (Å²) in [4.78, 5) is 11.6. The van der Waals surface area contributed by atoms with E-state index in [0.29, 0.717) is 5.56 Å². The summed E-state index contributed by atoms with van der Waals surface area (Å²) in [6, 6.07) is 18.0. The van der Waals surface area contributed by atoms with Crippen molar-refractivity contribution in [3.8, 4) is 0 Å². The van der Waals surface area contributed by atoms with E-state index < -0.39 is 22.3 Å². The molecular formula is C18H21NO5S. The molecule has 0 aliphatic heterocycles. The van der Waals surface area contributed by atoms with E-state index in [1.54, 1.807) is 31.2 Å². The number of rotatable bonds is 8. The topological polar surface area (TPSA) is 81.7 Å². The van der Waals surface area contributed by atoms with Gasteiger partial charge in [0.15, 0.2) is 0 Å². The first-order valence-electron chi connectivity index (χ1n) is 7.84. The Kier molecular flexibility index (Phi) is 6.97. The van der Waals surface area contributed by atoms with Crippen molar-refractivity contribution in [2.75, 3.05) is 6.54 Å². The molecule has 1 N–H and O–H groups in total. The van der Waals surface area contributed by atoms with Crippen LogP contribution in [0.4, 0.5) is 4.79 Å². The van der Waals surface area contributed by atoms with Crippen molar-refractivity contribution in [1.82, 2.24) is 5.32 Å². The van der Waals surface area contributed by atoms with Gasteiger partial charge in [-0.1, -0.05) is 60.7 Å². The van der Waals surface area contributed by atoms with E-state index in [0.717, 1.165) is 5.56 Å². The van der Waals surface area contributed by atoms with Gasteiger partial charge in [0.05, 0.1) is 6.10 Å². The third-order valence-corrected chi connectivity index (χ3v) is 4.55. The molecule has 2 aromatic carbocycles. The molecule has 0 bridgehead atoms. The van der Waals surface area contributed by atoms with Gasteiger partial charge in [-0.2, -0.15) is 8.42 Å². The lowest BCUT2D eigenvalue weighted by Gasteiger charge is -2.14. The summed E-state index contributed by atoms with van der Waals surface area (Å²) in [6.07, 6.45) is -1.32. The Morgan fingerprint density at radius 2 is 1.56 bits per heavy atom. The second-order valence-electron chi connectivity index (χ2n) is 5.54. The molecule has 1 amide bonds. The Morgan fingerprint density at radius 1 is 1.00 bits per heavy atom. The van der Waals surface area contributed by atoms with Crippen LogP contribution in [0.1, 0.15) is 18.1 Å². The van der Waals surface area contributed by atoms with Crippen LogP contribution in [0.3, 0.4) is 0 Å². The van der Waals surface area contributed by atoms with Gasteiger partial charge in [-0.05, 0) is 18.1 Å². The molecule has 0 saturated heterocycles. The van der Waals surface area contributed by atoms with Gasteiger partial charge in [0.2, 0.25) is 0 Å². The number of ether oxygens (including phenoxy) is 1. The van der Waals surface area contributed by atoms with Crippen LogP contribution >= 0.6 is 0 Å². The van der Waals surface area contributed by atoms with E-state index in [9.17, 15) is 13.2 Å². The zero-order chi connectivity index (χ0) is 18.1. The lowest BCUT2D eigenvalue weighted by Crippen LogP contribution is -2.33. The maximum absolute atomic E-state index is 12.0. The second-order valence-corrected chi connectivity index (χ2v) is 7.13. The van der Waals surface area contributed by atoms with Crippen molar-refractivity contribution in [3.05, 3.63) is 71.8 Å². The Balaban J connectivity index is 1.72. The highest BCUT2D eigenvalue weighted by atomic mass is 32.2. The van der Waals surface area contributed by atoms with Crippen molar-refractivity contribution >= 4 is 16.2 Å². The van der Waals surface area contributed by atoms with Gasteiger partial charge in [-0.15, -0.1) is 0 Å². The van der Waals surface area contributed by atoms with Crippen LogP contribution in [0, 0.1) is 0 Å². The maximum atomic E-state index is 12.0. The predicted octanol–water partition coefficient (Wildman–Crippen LogP) is 2.85. The fraction of sp³-hybridized carbons (Fsp3) is 0.278. The predicted molar refractivity (Wildman–Crippen MR) is 94.2 cm³/mol. The average Bonchev–Trinajstić information content (AvgIpc) is 2.59. The van der Waals surface area contributed by atoms with E-state index in [2.05, 4.69) is 5.32 Å². The molecule has 7 heteroatoms. The van der Waals surface area contributed by atoms with Crippen LogP contribution in [0.5, 0.6) is 0 Å². The van der Waals surface area contributed by atoms with Crippen molar-refractivity contribution < 1.29 is 22.1 Å². The summed E-state index contributed by atoms with van der Waals surface area (Å²) >= 11 is 0. The summed E-state index contributed by atoms with van der Waals surface area (Å²) in [5.74, 6) is -0.212. The summed E-state index contributed by atoms with van der Waals surface area (Å²) in [5, 5.41) is 2.49. The molecule has 2 rings (SSSR count).